The van der Waals surface area contributed by atoms with Crippen molar-refractivity contribution in [3.05, 3.63) is 0 Å². The standard InChI is InChI=1S/C7H9NO3/c1-4-6(9)8(2)5-7(10)11-3/h1H,5H2,2-3H3. The monoisotopic (exact) mass is 155 g/mol. The minimum atomic E-state index is -0.532. The van der Waals surface area contributed by atoms with E-state index in [1.54, 1.807) is 0 Å². The van der Waals surface area contributed by atoms with Gasteiger partial charge in [0.2, 0.25) is 0 Å². The first-order valence-electron chi connectivity index (χ1n) is 2.90. The molecule has 0 saturated carbocycles. The molecule has 0 saturated heterocycles. The molecule has 0 bridgehead atoms. The van der Waals surface area contributed by atoms with Crippen molar-refractivity contribution in [1.82, 2.24) is 4.90 Å². The fraction of sp³-hybridized carbons (Fsp3) is 0.429. The van der Waals surface area contributed by atoms with Gasteiger partial charge < -0.3 is 9.64 Å². The molecule has 0 rings (SSSR count). The molecule has 0 atom stereocenters. The number of esters is 1. The van der Waals surface area contributed by atoms with Crippen LogP contribution in [0, 0.1) is 12.3 Å². The van der Waals surface area contributed by atoms with Gasteiger partial charge >= 0.3 is 5.97 Å². The molecule has 0 aromatic rings. The lowest BCUT2D eigenvalue weighted by molar-refractivity contribution is -0.144. The van der Waals surface area contributed by atoms with E-state index in [-0.39, 0.29) is 6.54 Å². The zero-order valence-corrected chi connectivity index (χ0v) is 6.46. The number of likely N-dealkylation sites (N-methyl/N-ethyl adjacent to an activating group) is 1. The van der Waals surface area contributed by atoms with Crippen LogP contribution in [0.25, 0.3) is 0 Å². The fourth-order valence-corrected chi connectivity index (χ4v) is 0.440. The van der Waals surface area contributed by atoms with Crippen LogP contribution in [-0.2, 0) is 14.3 Å². The van der Waals surface area contributed by atoms with Gasteiger partial charge in [-0.15, -0.1) is 6.42 Å². The lowest BCUT2D eigenvalue weighted by Crippen LogP contribution is -2.31. The molecule has 0 N–H and O–H groups in total. The molecule has 0 aromatic carbocycles. The van der Waals surface area contributed by atoms with E-state index in [4.69, 9.17) is 6.42 Å². The number of hydrogen-bond acceptors (Lipinski definition) is 3. The van der Waals surface area contributed by atoms with Crippen molar-refractivity contribution < 1.29 is 14.3 Å². The van der Waals surface area contributed by atoms with E-state index < -0.39 is 11.9 Å². The van der Waals surface area contributed by atoms with E-state index in [0.29, 0.717) is 0 Å². The Labute approximate surface area is 65.1 Å². The average molecular weight is 155 g/mol. The molecule has 0 spiro atoms. The van der Waals surface area contributed by atoms with Gasteiger partial charge in [-0.05, 0) is 5.92 Å². The predicted octanol–water partition coefficient (Wildman–Crippen LogP) is -0.749. The molecule has 0 unspecified atom stereocenters. The summed E-state index contributed by atoms with van der Waals surface area (Å²) in [7, 11) is 2.68. The molecule has 0 aromatic heterocycles. The maximum absolute atomic E-state index is 10.6. The molecular formula is C7H9NO3. The van der Waals surface area contributed by atoms with E-state index in [1.165, 1.54) is 14.2 Å². The molecule has 0 radical (unpaired) electrons. The highest BCUT2D eigenvalue weighted by molar-refractivity contribution is 5.94. The largest absolute Gasteiger partial charge is 0.468 e. The molecule has 4 heteroatoms. The third-order valence-electron chi connectivity index (χ3n) is 1.06. The minimum Gasteiger partial charge on any atom is -0.468 e. The fourth-order valence-electron chi connectivity index (χ4n) is 0.440. The van der Waals surface area contributed by atoms with E-state index in [9.17, 15) is 9.59 Å². The highest BCUT2D eigenvalue weighted by atomic mass is 16.5. The third kappa shape index (κ3) is 3.26. The average Bonchev–Trinajstić information content (AvgIpc) is 2.02. The molecule has 0 aliphatic carbocycles. The van der Waals surface area contributed by atoms with Gasteiger partial charge in [-0.1, -0.05) is 0 Å². The maximum Gasteiger partial charge on any atom is 0.325 e. The van der Waals surface area contributed by atoms with E-state index in [1.807, 2.05) is 5.92 Å². The van der Waals surface area contributed by atoms with Gasteiger partial charge in [0.05, 0.1) is 7.11 Å². The van der Waals surface area contributed by atoms with Gasteiger partial charge in [-0.2, -0.15) is 0 Å². The maximum atomic E-state index is 10.6. The number of methoxy groups -OCH3 is 1. The Morgan fingerprint density at radius 3 is 2.55 bits per heavy atom. The molecule has 4 nitrogen and oxygen atoms in total. The van der Waals surface area contributed by atoms with E-state index in [2.05, 4.69) is 4.74 Å². The summed E-state index contributed by atoms with van der Waals surface area (Å²) in [5.41, 5.74) is 0. The Morgan fingerprint density at radius 1 is 1.64 bits per heavy atom. The van der Waals surface area contributed by atoms with Gasteiger partial charge in [0.1, 0.15) is 6.54 Å². The van der Waals surface area contributed by atoms with Crippen molar-refractivity contribution in [1.29, 1.82) is 0 Å². The zero-order chi connectivity index (χ0) is 8.85. The number of ether oxygens (including phenoxy) is 1. The van der Waals surface area contributed by atoms with Crippen LogP contribution in [0.2, 0.25) is 0 Å². The number of carbonyl (C=O) groups is 2. The van der Waals surface area contributed by atoms with Crippen LogP contribution >= 0.6 is 0 Å². The van der Waals surface area contributed by atoms with Crippen LogP contribution in [0.1, 0.15) is 0 Å². The topological polar surface area (TPSA) is 46.6 Å². The van der Waals surface area contributed by atoms with Crippen LogP contribution in [0.15, 0.2) is 0 Å². The van der Waals surface area contributed by atoms with E-state index in [0.717, 1.165) is 4.90 Å². The molecule has 11 heavy (non-hydrogen) atoms. The predicted molar refractivity (Wildman–Crippen MR) is 38.5 cm³/mol. The van der Waals surface area contributed by atoms with Gasteiger partial charge in [-0.3, -0.25) is 9.59 Å². The van der Waals surface area contributed by atoms with Gasteiger partial charge in [-0.25, -0.2) is 0 Å². The summed E-state index contributed by atoms with van der Waals surface area (Å²) >= 11 is 0. The van der Waals surface area contributed by atoms with Gasteiger partial charge in [0, 0.05) is 7.05 Å². The summed E-state index contributed by atoms with van der Waals surface area (Å²) < 4.78 is 4.31. The molecule has 60 valence electrons. The van der Waals surface area contributed by atoms with Crippen molar-refractivity contribution >= 4 is 11.9 Å². The third-order valence-corrected chi connectivity index (χ3v) is 1.06. The van der Waals surface area contributed by atoms with Crippen molar-refractivity contribution in [2.45, 2.75) is 0 Å². The molecule has 0 heterocycles. The molecule has 0 fully saturated rings. The Morgan fingerprint density at radius 2 is 2.18 bits per heavy atom. The Bertz CT molecular complexity index is 204. The molecule has 1 amide bonds. The van der Waals surface area contributed by atoms with Crippen LogP contribution < -0.4 is 0 Å². The summed E-state index contributed by atoms with van der Waals surface area (Å²) in [6.07, 6.45) is 4.80. The van der Waals surface area contributed by atoms with Gasteiger partial charge in [0.25, 0.3) is 5.91 Å². The van der Waals surface area contributed by atoms with E-state index >= 15 is 0 Å². The number of terminal acetylenes is 1. The first-order chi connectivity index (χ1) is 5.11. The highest BCUT2D eigenvalue weighted by Crippen LogP contribution is 1.84. The minimum absolute atomic E-state index is 0.112. The Balaban J connectivity index is 3.89. The van der Waals surface area contributed by atoms with Crippen LogP contribution in [0.4, 0.5) is 0 Å². The summed E-state index contributed by atoms with van der Waals surface area (Å²) in [5, 5.41) is 0. The van der Waals surface area contributed by atoms with Crippen molar-refractivity contribution in [3.8, 4) is 12.3 Å². The lowest BCUT2D eigenvalue weighted by Gasteiger charge is -2.10. The smallest absolute Gasteiger partial charge is 0.325 e. The number of amides is 1. The first-order valence-corrected chi connectivity index (χ1v) is 2.90. The number of nitrogens with zero attached hydrogens (tertiary/aromatic N) is 1. The van der Waals surface area contributed by atoms with Crippen LogP contribution in [-0.4, -0.2) is 37.5 Å². The van der Waals surface area contributed by atoms with Crippen LogP contribution in [0.5, 0.6) is 0 Å². The Hall–Kier alpha value is -1.50. The summed E-state index contributed by atoms with van der Waals surface area (Å²) in [4.78, 5) is 22.3. The summed E-state index contributed by atoms with van der Waals surface area (Å²) in [6.45, 7) is -0.112. The van der Waals surface area contributed by atoms with Crippen molar-refractivity contribution in [2.75, 3.05) is 20.7 Å². The number of carbonyl (C=O) groups excluding carboxylic acids is 2. The molecule has 0 aliphatic rings. The zero-order valence-electron chi connectivity index (χ0n) is 6.46. The highest BCUT2D eigenvalue weighted by Gasteiger charge is 2.09. The first kappa shape index (κ1) is 9.50. The number of hydrogen-bond donors (Lipinski definition) is 0. The second-order valence-corrected chi connectivity index (χ2v) is 1.88. The van der Waals surface area contributed by atoms with Crippen LogP contribution in [0.3, 0.4) is 0 Å². The normalized spacial score (nSPS) is 8.09. The molecule has 0 aliphatic heterocycles. The Kier molecular flexibility index (Phi) is 3.75. The number of rotatable bonds is 2. The SMILES string of the molecule is C#CC(=O)N(C)CC(=O)OC. The summed E-state index contributed by atoms with van der Waals surface area (Å²) in [6, 6.07) is 0. The van der Waals surface area contributed by atoms with Crippen molar-refractivity contribution in [2.24, 2.45) is 0 Å². The molecular weight excluding hydrogens is 146 g/mol. The van der Waals surface area contributed by atoms with Crippen molar-refractivity contribution in [3.63, 3.8) is 0 Å². The second-order valence-electron chi connectivity index (χ2n) is 1.88. The lowest BCUT2D eigenvalue weighted by atomic mass is 10.5. The second kappa shape index (κ2) is 4.34. The quantitative estimate of drug-likeness (QED) is 0.389. The summed E-state index contributed by atoms with van der Waals surface area (Å²) in [5.74, 6) is 0.852. The van der Waals surface area contributed by atoms with Gasteiger partial charge in [0.15, 0.2) is 0 Å².